The van der Waals surface area contributed by atoms with Crippen LogP contribution in [0, 0.1) is 0 Å². The van der Waals surface area contributed by atoms with Crippen molar-refractivity contribution in [3.05, 3.63) is 60.7 Å². The van der Waals surface area contributed by atoms with Gasteiger partial charge in [0.2, 0.25) is 0 Å². The van der Waals surface area contributed by atoms with Crippen LogP contribution in [0.2, 0.25) is 0 Å². The van der Waals surface area contributed by atoms with E-state index >= 15 is 0 Å². The monoisotopic (exact) mass is 290 g/mol. The second kappa shape index (κ2) is 6.98. The highest BCUT2D eigenvalue weighted by atomic mass is 32.7. The molecule has 19 heavy (non-hydrogen) atoms. The van der Waals surface area contributed by atoms with E-state index in [1.54, 1.807) is 11.4 Å². The van der Waals surface area contributed by atoms with Gasteiger partial charge in [-0.3, -0.25) is 0 Å². The fraction of sp³-hybridized carbons (Fsp3) is 0.250. The van der Waals surface area contributed by atoms with Crippen LogP contribution in [0.3, 0.4) is 0 Å². The molecule has 0 amide bonds. The molecule has 2 rings (SSSR count). The zero-order chi connectivity index (χ0) is 13.6. The Labute approximate surface area is 119 Å². The highest BCUT2D eigenvalue weighted by Crippen LogP contribution is 2.56. The van der Waals surface area contributed by atoms with Crippen molar-refractivity contribution in [2.75, 3.05) is 5.75 Å². The summed E-state index contributed by atoms with van der Waals surface area (Å²) in [6.45, 7) is 2.16. The van der Waals surface area contributed by atoms with E-state index in [-0.39, 0.29) is 0 Å². The highest BCUT2D eigenvalue weighted by molar-refractivity contribution is 8.62. The van der Waals surface area contributed by atoms with Gasteiger partial charge in [0.25, 0.3) is 0 Å². The highest BCUT2D eigenvalue weighted by Gasteiger charge is 2.27. The molecule has 0 aromatic heterocycles. The fourth-order valence-electron chi connectivity index (χ4n) is 1.88. The van der Waals surface area contributed by atoms with E-state index in [0.29, 0.717) is 0 Å². The van der Waals surface area contributed by atoms with Crippen molar-refractivity contribution in [1.29, 1.82) is 0 Å². The molecule has 0 atom stereocenters. The molecular weight excluding hydrogens is 271 g/mol. The van der Waals surface area contributed by atoms with Gasteiger partial charge in [0.15, 0.2) is 6.34 Å². The molecule has 3 heteroatoms. The first-order chi connectivity index (χ1) is 9.27. The third-order valence-corrected chi connectivity index (χ3v) is 8.66. The molecule has 0 fully saturated rings. The quantitative estimate of drug-likeness (QED) is 0.577. The minimum Gasteiger partial charge on any atom is -0.302 e. The summed E-state index contributed by atoms with van der Waals surface area (Å²) in [4.78, 5) is 0. The minimum atomic E-state index is -2.54. The van der Waals surface area contributed by atoms with Crippen LogP contribution in [0.5, 0.6) is 0 Å². The summed E-state index contributed by atoms with van der Waals surface area (Å²) < 4.78 is 13.5. The number of unbranched alkanes of at least 4 members (excludes halogenated alkanes) is 1. The van der Waals surface area contributed by atoms with E-state index in [0.717, 1.165) is 29.2 Å². The summed E-state index contributed by atoms with van der Waals surface area (Å²) >= 11 is 1.61. The number of hydrogen-bond donors (Lipinski definition) is 0. The first-order valence-corrected chi connectivity index (χ1v) is 9.93. The molecule has 0 saturated heterocycles. The Morgan fingerprint density at radius 1 is 0.895 bits per heavy atom. The van der Waals surface area contributed by atoms with Gasteiger partial charge in [-0.2, -0.15) is 0 Å². The summed E-state index contributed by atoms with van der Waals surface area (Å²) in [5.41, 5.74) is 0. The van der Waals surface area contributed by atoms with Crippen molar-refractivity contribution in [2.24, 2.45) is 0 Å². The van der Waals surface area contributed by atoms with E-state index < -0.39 is 6.34 Å². The molecule has 2 aromatic carbocycles. The third-order valence-electron chi connectivity index (χ3n) is 2.96. The topological polar surface area (TPSA) is 17.1 Å². The number of benzene rings is 2. The predicted octanol–water partition coefficient (Wildman–Crippen LogP) is 4.45. The number of rotatable bonds is 6. The first-order valence-electron chi connectivity index (χ1n) is 6.63. The van der Waals surface area contributed by atoms with Crippen molar-refractivity contribution >= 4 is 28.3 Å². The maximum atomic E-state index is 13.5. The lowest BCUT2D eigenvalue weighted by molar-refractivity contribution is 0.595. The van der Waals surface area contributed by atoms with E-state index in [9.17, 15) is 4.57 Å². The molecule has 2 aromatic rings. The van der Waals surface area contributed by atoms with Crippen molar-refractivity contribution in [3.63, 3.8) is 0 Å². The molecule has 0 spiro atoms. The third kappa shape index (κ3) is 3.52. The average Bonchev–Trinajstić information content (AvgIpc) is 2.49. The summed E-state index contributed by atoms with van der Waals surface area (Å²) in [5, 5.41) is 1.89. The lowest BCUT2D eigenvalue weighted by Crippen LogP contribution is -2.13. The Morgan fingerprint density at radius 2 is 1.37 bits per heavy atom. The standard InChI is InChI=1S/C16H19OPS/c1-2-3-14-19-18(17,15-10-6-4-7-11-15)16-12-8-5-9-13-16/h4-13H,2-3,14H2,1H3. The van der Waals surface area contributed by atoms with Crippen LogP contribution in [-0.4, -0.2) is 5.75 Å². The average molecular weight is 290 g/mol. The second-order valence-electron chi connectivity index (χ2n) is 4.41. The van der Waals surface area contributed by atoms with E-state index in [4.69, 9.17) is 0 Å². The van der Waals surface area contributed by atoms with Crippen molar-refractivity contribution < 1.29 is 4.57 Å². The zero-order valence-electron chi connectivity index (χ0n) is 11.2. The van der Waals surface area contributed by atoms with Gasteiger partial charge in [-0.25, -0.2) is 0 Å². The first kappa shape index (κ1) is 14.4. The van der Waals surface area contributed by atoms with E-state index in [1.165, 1.54) is 0 Å². The molecular formula is C16H19OPS. The van der Waals surface area contributed by atoms with Crippen LogP contribution in [0.25, 0.3) is 0 Å². The van der Waals surface area contributed by atoms with Gasteiger partial charge in [0.1, 0.15) is 0 Å². The van der Waals surface area contributed by atoms with E-state index in [2.05, 4.69) is 6.92 Å². The molecule has 0 aliphatic rings. The Balaban J connectivity index is 2.36. The van der Waals surface area contributed by atoms with Gasteiger partial charge in [-0.15, -0.1) is 0 Å². The lowest BCUT2D eigenvalue weighted by Gasteiger charge is -2.18. The summed E-state index contributed by atoms with van der Waals surface area (Å²) in [5.74, 6) is 0.942. The maximum absolute atomic E-state index is 13.5. The van der Waals surface area contributed by atoms with Crippen molar-refractivity contribution in [3.8, 4) is 0 Å². The lowest BCUT2D eigenvalue weighted by atomic mass is 10.4. The Kier molecular flexibility index (Phi) is 5.30. The van der Waals surface area contributed by atoms with Crippen LogP contribution in [0.4, 0.5) is 0 Å². The predicted molar refractivity (Wildman–Crippen MR) is 87.1 cm³/mol. The van der Waals surface area contributed by atoms with E-state index in [1.807, 2.05) is 60.7 Å². The smallest absolute Gasteiger partial charge is 0.195 e. The van der Waals surface area contributed by atoms with Crippen LogP contribution < -0.4 is 10.6 Å². The molecule has 0 aliphatic heterocycles. The largest absolute Gasteiger partial charge is 0.302 e. The Bertz CT molecular complexity index is 496. The van der Waals surface area contributed by atoms with Crippen LogP contribution in [0.15, 0.2) is 60.7 Å². The minimum absolute atomic E-state index is 0.942. The van der Waals surface area contributed by atoms with Gasteiger partial charge in [-0.1, -0.05) is 85.4 Å². The van der Waals surface area contributed by atoms with Gasteiger partial charge >= 0.3 is 0 Å². The SMILES string of the molecule is CCCCSP(=O)(c1ccccc1)c1ccccc1. The molecule has 0 radical (unpaired) electrons. The Morgan fingerprint density at radius 3 is 1.79 bits per heavy atom. The molecule has 0 unspecified atom stereocenters. The van der Waals surface area contributed by atoms with Crippen molar-refractivity contribution in [2.45, 2.75) is 19.8 Å². The van der Waals surface area contributed by atoms with Crippen molar-refractivity contribution in [1.82, 2.24) is 0 Å². The molecule has 1 nitrogen and oxygen atoms in total. The Hall–Kier alpha value is -0.980. The molecule has 0 heterocycles. The maximum Gasteiger partial charge on any atom is 0.195 e. The fourth-order valence-corrected chi connectivity index (χ4v) is 7.07. The summed E-state index contributed by atoms with van der Waals surface area (Å²) in [7, 11) is 0. The van der Waals surface area contributed by atoms with Crippen LogP contribution in [-0.2, 0) is 4.57 Å². The molecule has 100 valence electrons. The number of hydrogen-bond acceptors (Lipinski definition) is 2. The summed E-state index contributed by atoms with van der Waals surface area (Å²) in [6, 6.07) is 19.7. The molecule has 0 bridgehead atoms. The summed E-state index contributed by atoms with van der Waals surface area (Å²) in [6.07, 6.45) is -0.296. The van der Waals surface area contributed by atoms with Gasteiger partial charge in [0, 0.05) is 16.4 Å². The van der Waals surface area contributed by atoms with Gasteiger partial charge in [0.05, 0.1) is 0 Å². The second-order valence-corrected chi connectivity index (χ2v) is 9.53. The van der Waals surface area contributed by atoms with Crippen LogP contribution >= 0.6 is 17.7 Å². The molecule has 0 N–H and O–H groups in total. The molecule has 0 aliphatic carbocycles. The zero-order valence-corrected chi connectivity index (χ0v) is 12.9. The molecule has 0 saturated carbocycles. The van der Waals surface area contributed by atoms with Gasteiger partial charge < -0.3 is 4.57 Å². The van der Waals surface area contributed by atoms with Gasteiger partial charge in [-0.05, 0) is 6.42 Å². The van der Waals surface area contributed by atoms with Crippen LogP contribution in [0.1, 0.15) is 19.8 Å². The normalized spacial score (nSPS) is 11.4.